The van der Waals surface area contributed by atoms with Crippen molar-refractivity contribution in [3.8, 4) is 5.75 Å². The Balaban J connectivity index is 0.00000121. The molecule has 0 atom stereocenters. The number of phenols is 1. The van der Waals surface area contributed by atoms with Crippen LogP contribution in [0, 0.1) is 16.2 Å². The minimum Gasteiger partial charge on any atom is -0.531 e. The molecule has 0 fully saturated rings. The molecule has 6 heteroatoms. The molecule has 1 rings (SSSR count). The number of hydrogen-bond donors (Lipinski definition) is 2. The summed E-state index contributed by atoms with van der Waals surface area (Å²) in [6, 6.07) is 4.41. The second-order valence-corrected chi connectivity index (χ2v) is 1.92. The molecular formula is C6H5N2O3Y+2. The van der Waals surface area contributed by atoms with Crippen LogP contribution in [0.1, 0.15) is 0 Å². The van der Waals surface area contributed by atoms with E-state index in [4.69, 9.17) is 10.8 Å². The van der Waals surface area contributed by atoms with Crippen molar-refractivity contribution in [2.24, 2.45) is 0 Å². The van der Waals surface area contributed by atoms with E-state index < -0.39 is 4.92 Å². The number of nitrogens with zero attached hydrogens (tertiary/aromatic N) is 1. The molecule has 0 aliphatic rings. The Hall–Kier alpha value is -0.676. The van der Waals surface area contributed by atoms with Crippen molar-refractivity contribution in [3.63, 3.8) is 0 Å². The second-order valence-electron chi connectivity index (χ2n) is 1.92. The van der Waals surface area contributed by atoms with E-state index in [0.717, 1.165) is 12.1 Å². The summed E-state index contributed by atoms with van der Waals surface area (Å²) in [5, 5.41) is 19.0. The molecule has 0 saturated heterocycles. The molecule has 0 amide bonds. The third-order valence-electron chi connectivity index (χ3n) is 1.14. The first kappa shape index (κ1) is 11.3. The average molecular weight is 242 g/mol. The van der Waals surface area contributed by atoms with Crippen LogP contribution in [-0.2, 0) is 32.7 Å². The van der Waals surface area contributed by atoms with E-state index in [2.05, 4.69) is 6.07 Å². The summed E-state index contributed by atoms with van der Waals surface area (Å²) < 4.78 is 0. The van der Waals surface area contributed by atoms with Gasteiger partial charge in [0.2, 0.25) is 0 Å². The maximum atomic E-state index is 10.1. The van der Waals surface area contributed by atoms with Crippen molar-refractivity contribution in [2.75, 3.05) is 5.73 Å². The molecule has 0 saturated carbocycles. The maximum absolute atomic E-state index is 10.1. The second kappa shape index (κ2) is 4.37. The van der Waals surface area contributed by atoms with E-state index in [0.29, 0.717) is 0 Å². The summed E-state index contributed by atoms with van der Waals surface area (Å²) in [6.07, 6.45) is 0. The minimum absolute atomic E-state index is 0. The number of rotatable bonds is 1. The van der Waals surface area contributed by atoms with Gasteiger partial charge >= 0.3 is 32.7 Å². The first-order valence-electron chi connectivity index (χ1n) is 2.76. The van der Waals surface area contributed by atoms with Gasteiger partial charge in [0, 0.05) is 10.7 Å². The normalized spacial score (nSPS) is 8.67. The number of nitro groups is 1. The van der Waals surface area contributed by atoms with Gasteiger partial charge in [0.1, 0.15) is 0 Å². The molecule has 3 N–H and O–H groups in total. The number of aromatic hydroxyl groups is 1. The molecule has 58 valence electrons. The van der Waals surface area contributed by atoms with Gasteiger partial charge in [-0.25, -0.2) is 0 Å². The van der Waals surface area contributed by atoms with E-state index >= 15 is 0 Å². The Morgan fingerprint density at radius 1 is 1.67 bits per heavy atom. The van der Waals surface area contributed by atoms with E-state index in [-0.39, 0.29) is 49.8 Å². The van der Waals surface area contributed by atoms with Crippen LogP contribution in [0.4, 0.5) is 11.4 Å². The molecule has 0 aliphatic carbocycles. The third kappa shape index (κ3) is 2.42. The predicted octanol–water partition coefficient (Wildman–Crippen LogP) is 0.680. The smallest absolute Gasteiger partial charge is 0.531 e. The van der Waals surface area contributed by atoms with Gasteiger partial charge in [-0.1, -0.05) is 12.1 Å². The molecule has 0 spiro atoms. The zero-order valence-electron chi connectivity index (χ0n) is 6.02. The molecule has 0 aliphatic heterocycles. The Morgan fingerprint density at radius 2 is 2.25 bits per heavy atom. The number of non-ortho nitro benzene ring substituents is 1. The molecule has 1 aromatic rings. The summed E-state index contributed by atoms with van der Waals surface area (Å²) in [7, 11) is 0. The Bertz CT molecular complexity index is 303. The summed E-state index contributed by atoms with van der Waals surface area (Å²) in [5.41, 5.74) is 4.97. The number of benzene rings is 1. The minimum atomic E-state index is -0.654. The molecule has 0 unspecified atom stereocenters. The fourth-order valence-corrected chi connectivity index (χ4v) is 0.586. The van der Waals surface area contributed by atoms with Gasteiger partial charge in [0.05, 0.1) is 0 Å². The van der Waals surface area contributed by atoms with E-state index in [1.54, 1.807) is 0 Å². The Morgan fingerprint density at radius 3 is 2.67 bits per heavy atom. The van der Waals surface area contributed by atoms with Crippen LogP contribution in [0.5, 0.6) is 5.75 Å². The van der Waals surface area contributed by atoms with Gasteiger partial charge in [-0.05, 0) is 5.69 Å². The Kier molecular flexibility index (Phi) is 4.13. The maximum Gasteiger partial charge on any atom is 3.00 e. The quantitative estimate of drug-likeness (QED) is 0.249. The van der Waals surface area contributed by atoms with Gasteiger partial charge in [-0.15, -0.1) is 6.07 Å². The monoisotopic (exact) mass is 242 g/mol. The number of nitrogens with two attached hydrogens (primary N) is 1. The van der Waals surface area contributed by atoms with Crippen LogP contribution in [0.2, 0.25) is 0 Å². The molecule has 5 nitrogen and oxygen atoms in total. The van der Waals surface area contributed by atoms with E-state index in [9.17, 15) is 10.1 Å². The van der Waals surface area contributed by atoms with Crippen molar-refractivity contribution in [1.29, 1.82) is 0 Å². The van der Waals surface area contributed by atoms with Gasteiger partial charge in [0.25, 0.3) is 0 Å². The number of nitrogen functional groups attached to an aromatic ring is 1. The van der Waals surface area contributed by atoms with Crippen molar-refractivity contribution >= 4 is 11.4 Å². The van der Waals surface area contributed by atoms with Gasteiger partial charge in [0.15, 0.2) is 5.69 Å². The van der Waals surface area contributed by atoms with Crippen molar-refractivity contribution in [1.82, 2.24) is 0 Å². The summed E-state index contributed by atoms with van der Waals surface area (Å²) in [4.78, 5) is 9.43. The summed E-state index contributed by atoms with van der Waals surface area (Å²) in [5.74, 6) is -0.296. The molecule has 12 heavy (non-hydrogen) atoms. The van der Waals surface area contributed by atoms with Crippen LogP contribution < -0.4 is 5.73 Å². The SMILES string of the molecule is Nc1c[c-]c([N+](=O)[O-])cc1O.[Y+3]. The Labute approximate surface area is 93.6 Å². The largest absolute Gasteiger partial charge is 3.00 e. The van der Waals surface area contributed by atoms with Crippen LogP contribution in [0.15, 0.2) is 12.1 Å². The first-order valence-corrected chi connectivity index (χ1v) is 2.76. The molecule has 0 aromatic heterocycles. The summed E-state index contributed by atoms with van der Waals surface area (Å²) >= 11 is 0. The van der Waals surface area contributed by atoms with Gasteiger partial charge in [-0.3, -0.25) is 10.1 Å². The van der Waals surface area contributed by atoms with Crippen LogP contribution in [0.25, 0.3) is 0 Å². The van der Waals surface area contributed by atoms with Crippen molar-refractivity contribution in [2.45, 2.75) is 0 Å². The van der Waals surface area contributed by atoms with Gasteiger partial charge in [-0.2, -0.15) is 0 Å². The first-order chi connectivity index (χ1) is 5.11. The third-order valence-corrected chi connectivity index (χ3v) is 1.14. The van der Waals surface area contributed by atoms with E-state index in [1.165, 1.54) is 0 Å². The molecule has 1 aromatic carbocycles. The van der Waals surface area contributed by atoms with Crippen LogP contribution >= 0.6 is 0 Å². The summed E-state index contributed by atoms with van der Waals surface area (Å²) in [6.45, 7) is 0. The number of phenolic OH excluding ortho intramolecular Hbond substituents is 1. The number of hydrogen-bond acceptors (Lipinski definition) is 4. The van der Waals surface area contributed by atoms with Crippen molar-refractivity contribution in [3.05, 3.63) is 28.3 Å². The van der Waals surface area contributed by atoms with Crippen molar-refractivity contribution < 1.29 is 42.7 Å². The number of nitro benzene ring substituents is 1. The molecule has 0 bridgehead atoms. The van der Waals surface area contributed by atoms with Crippen LogP contribution in [-0.4, -0.2) is 10.0 Å². The fraction of sp³-hybridized carbons (Fsp3) is 0. The average Bonchev–Trinajstić information content (AvgIpc) is 1.94. The van der Waals surface area contributed by atoms with E-state index in [1.807, 2.05) is 0 Å². The molecular weight excluding hydrogens is 237 g/mol. The predicted molar refractivity (Wildman–Crippen MR) is 38.0 cm³/mol. The van der Waals surface area contributed by atoms with Gasteiger partial charge < -0.3 is 10.8 Å². The number of anilines is 1. The zero-order chi connectivity index (χ0) is 8.43. The van der Waals surface area contributed by atoms with Crippen LogP contribution in [0.3, 0.4) is 0 Å². The fourth-order valence-electron chi connectivity index (χ4n) is 0.586. The standard InChI is InChI=1S/C6H5N2O3.Y/c7-5-2-1-4(8(10)11)3-6(5)9;/h2-3,9H,7H2;/q-1;+3. The molecule has 0 heterocycles. The zero-order valence-corrected chi connectivity index (χ0v) is 8.86. The topological polar surface area (TPSA) is 89.4 Å². The molecule has 0 radical (unpaired) electrons.